The van der Waals surface area contributed by atoms with Crippen LogP contribution in [0, 0.1) is 0 Å². The van der Waals surface area contributed by atoms with Gasteiger partial charge < -0.3 is 14.2 Å². The fraction of sp³-hybridized carbons (Fsp3) is 0.692. The Bertz CT molecular complexity index is 280. The fourth-order valence-corrected chi connectivity index (χ4v) is 1.20. The van der Waals surface area contributed by atoms with E-state index in [0.717, 1.165) is 19.3 Å². The van der Waals surface area contributed by atoms with Crippen LogP contribution in [-0.4, -0.2) is 29.8 Å². The lowest BCUT2D eigenvalue weighted by molar-refractivity contribution is 0.252. The topological polar surface area (TPSA) is 53.5 Å². The van der Waals surface area contributed by atoms with Gasteiger partial charge in [0, 0.05) is 0 Å². The molecule has 1 aromatic heterocycles. The molecule has 0 saturated carbocycles. The molecule has 0 bridgehead atoms. The SMILES string of the molecule is CCCOc1cc(OCCC)nc(OCCC)n1. The van der Waals surface area contributed by atoms with Crippen molar-refractivity contribution < 1.29 is 14.2 Å². The van der Waals surface area contributed by atoms with E-state index in [2.05, 4.69) is 9.97 Å². The maximum atomic E-state index is 5.49. The first-order valence-corrected chi connectivity index (χ1v) is 6.57. The molecule has 0 amide bonds. The van der Waals surface area contributed by atoms with Crippen LogP contribution in [-0.2, 0) is 0 Å². The quantitative estimate of drug-likeness (QED) is 0.678. The molecule has 0 radical (unpaired) electrons. The maximum absolute atomic E-state index is 5.49. The number of hydrogen-bond acceptors (Lipinski definition) is 5. The number of nitrogens with zero attached hydrogens (tertiary/aromatic N) is 2. The first kappa shape index (κ1) is 14.5. The zero-order chi connectivity index (χ0) is 13.2. The highest BCUT2D eigenvalue weighted by Gasteiger charge is 2.07. The Kier molecular flexibility index (Phi) is 6.91. The molecule has 0 aromatic carbocycles. The van der Waals surface area contributed by atoms with Crippen molar-refractivity contribution in [3.63, 3.8) is 0 Å². The Labute approximate surface area is 108 Å². The van der Waals surface area contributed by atoms with Crippen LogP contribution in [0.3, 0.4) is 0 Å². The van der Waals surface area contributed by atoms with Crippen molar-refractivity contribution in [1.29, 1.82) is 0 Å². The molecular weight excluding hydrogens is 232 g/mol. The van der Waals surface area contributed by atoms with Crippen molar-refractivity contribution in [3.8, 4) is 17.8 Å². The van der Waals surface area contributed by atoms with E-state index < -0.39 is 0 Å². The Morgan fingerprint density at radius 3 is 1.67 bits per heavy atom. The highest BCUT2D eigenvalue weighted by Crippen LogP contribution is 2.20. The van der Waals surface area contributed by atoms with E-state index in [1.54, 1.807) is 6.07 Å². The number of ether oxygens (including phenoxy) is 3. The standard InChI is InChI=1S/C13H22N2O3/c1-4-7-16-11-10-12(17-8-5-2)15-13(14-11)18-9-6-3/h10H,4-9H2,1-3H3. The molecule has 0 aliphatic rings. The highest BCUT2D eigenvalue weighted by molar-refractivity contribution is 5.23. The second-order valence-corrected chi connectivity index (χ2v) is 3.87. The van der Waals surface area contributed by atoms with Crippen molar-refractivity contribution in [2.24, 2.45) is 0 Å². The van der Waals surface area contributed by atoms with Crippen LogP contribution < -0.4 is 14.2 Å². The molecule has 1 rings (SSSR count). The summed E-state index contributed by atoms with van der Waals surface area (Å²) in [5.41, 5.74) is 0. The van der Waals surface area contributed by atoms with Gasteiger partial charge in [0.05, 0.1) is 25.9 Å². The molecule has 1 heterocycles. The Balaban J connectivity index is 2.74. The van der Waals surface area contributed by atoms with Gasteiger partial charge in [0.15, 0.2) is 0 Å². The molecule has 1 aromatic rings. The Morgan fingerprint density at radius 1 is 0.778 bits per heavy atom. The molecule has 0 atom stereocenters. The third kappa shape index (κ3) is 5.21. The van der Waals surface area contributed by atoms with Crippen molar-refractivity contribution >= 4 is 0 Å². The van der Waals surface area contributed by atoms with Gasteiger partial charge in [-0.2, -0.15) is 9.97 Å². The summed E-state index contributed by atoms with van der Waals surface area (Å²) in [6, 6.07) is 2.01. The number of rotatable bonds is 9. The average molecular weight is 254 g/mol. The summed E-state index contributed by atoms with van der Waals surface area (Å²) in [5, 5.41) is 0. The molecule has 0 unspecified atom stereocenters. The fourth-order valence-electron chi connectivity index (χ4n) is 1.20. The van der Waals surface area contributed by atoms with E-state index in [4.69, 9.17) is 14.2 Å². The summed E-state index contributed by atoms with van der Waals surface area (Å²) in [7, 11) is 0. The van der Waals surface area contributed by atoms with Crippen LogP contribution in [0.1, 0.15) is 40.0 Å². The minimum absolute atomic E-state index is 0.316. The van der Waals surface area contributed by atoms with Gasteiger partial charge in [-0.3, -0.25) is 0 Å². The van der Waals surface area contributed by atoms with E-state index in [9.17, 15) is 0 Å². The predicted molar refractivity (Wildman–Crippen MR) is 69.4 cm³/mol. The molecule has 0 N–H and O–H groups in total. The van der Waals surface area contributed by atoms with E-state index in [-0.39, 0.29) is 0 Å². The van der Waals surface area contributed by atoms with Gasteiger partial charge in [-0.15, -0.1) is 0 Å². The Hall–Kier alpha value is -1.52. The predicted octanol–water partition coefficient (Wildman–Crippen LogP) is 2.84. The first-order chi connectivity index (χ1) is 8.80. The molecule has 5 nitrogen and oxygen atoms in total. The van der Waals surface area contributed by atoms with Crippen LogP contribution in [0.2, 0.25) is 0 Å². The van der Waals surface area contributed by atoms with Gasteiger partial charge >= 0.3 is 6.01 Å². The van der Waals surface area contributed by atoms with Crippen LogP contribution in [0.15, 0.2) is 6.07 Å². The molecule has 0 spiro atoms. The largest absolute Gasteiger partial charge is 0.477 e. The van der Waals surface area contributed by atoms with Crippen LogP contribution in [0.25, 0.3) is 0 Å². The lowest BCUT2D eigenvalue weighted by Crippen LogP contribution is -2.06. The minimum Gasteiger partial charge on any atom is -0.477 e. The van der Waals surface area contributed by atoms with E-state index in [0.29, 0.717) is 37.6 Å². The summed E-state index contributed by atoms with van der Waals surface area (Å²) in [4.78, 5) is 8.36. The highest BCUT2D eigenvalue weighted by atomic mass is 16.5. The smallest absolute Gasteiger partial charge is 0.323 e. The van der Waals surface area contributed by atoms with Gasteiger partial charge in [0.2, 0.25) is 11.8 Å². The summed E-state index contributed by atoms with van der Waals surface area (Å²) >= 11 is 0. The average Bonchev–Trinajstić information content (AvgIpc) is 2.40. The third-order valence-corrected chi connectivity index (χ3v) is 2.00. The second-order valence-electron chi connectivity index (χ2n) is 3.87. The van der Waals surface area contributed by atoms with Crippen LogP contribution in [0.5, 0.6) is 17.8 Å². The zero-order valence-corrected chi connectivity index (χ0v) is 11.4. The number of hydrogen-bond donors (Lipinski definition) is 0. The molecule has 5 heteroatoms. The normalized spacial score (nSPS) is 10.2. The van der Waals surface area contributed by atoms with Crippen molar-refractivity contribution in [3.05, 3.63) is 6.07 Å². The van der Waals surface area contributed by atoms with Crippen LogP contribution in [0.4, 0.5) is 0 Å². The van der Waals surface area contributed by atoms with E-state index >= 15 is 0 Å². The second kappa shape index (κ2) is 8.55. The van der Waals surface area contributed by atoms with Crippen molar-refractivity contribution in [2.45, 2.75) is 40.0 Å². The molecule has 0 aliphatic carbocycles. The first-order valence-electron chi connectivity index (χ1n) is 6.57. The molecular formula is C13H22N2O3. The molecule has 0 saturated heterocycles. The van der Waals surface area contributed by atoms with E-state index in [1.165, 1.54) is 0 Å². The van der Waals surface area contributed by atoms with Gasteiger partial charge in [-0.05, 0) is 19.3 Å². The minimum atomic E-state index is 0.316. The van der Waals surface area contributed by atoms with Crippen molar-refractivity contribution in [1.82, 2.24) is 9.97 Å². The third-order valence-electron chi connectivity index (χ3n) is 2.00. The molecule has 0 aliphatic heterocycles. The maximum Gasteiger partial charge on any atom is 0.323 e. The lowest BCUT2D eigenvalue weighted by atomic mass is 10.5. The van der Waals surface area contributed by atoms with Crippen molar-refractivity contribution in [2.75, 3.05) is 19.8 Å². The van der Waals surface area contributed by atoms with Gasteiger partial charge in [-0.1, -0.05) is 20.8 Å². The van der Waals surface area contributed by atoms with Gasteiger partial charge in [0.25, 0.3) is 0 Å². The van der Waals surface area contributed by atoms with Gasteiger partial charge in [-0.25, -0.2) is 0 Å². The summed E-state index contributed by atoms with van der Waals surface area (Å²) < 4.78 is 16.4. The summed E-state index contributed by atoms with van der Waals surface area (Å²) in [5.74, 6) is 1.01. The summed E-state index contributed by atoms with van der Waals surface area (Å²) in [6.45, 7) is 7.96. The Morgan fingerprint density at radius 2 is 1.22 bits per heavy atom. The van der Waals surface area contributed by atoms with Crippen LogP contribution >= 0.6 is 0 Å². The number of aromatic nitrogens is 2. The van der Waals surface area contributed by atoms with E-state index in [1.807, 2.05) is 20.8 Å². The lowest BCUT2D eigenvalue weighted by Gasteiger charge is -2.09. The zero-order valence-electron chi connectivity index (χ0n) is 11.4. The molecule has 102 valence electrons. The summed E-state index contributed by atoms with van der Waals surface area (Å²) in [6.07, 6.45) is 2.77. The van der Waals surface area contributed by atoms with Gasteiger partial charge in [0.1, 0.15) is 0 Å². The monoisotopic (exact) mass is 254 g/mol. The molecule has 0 fully saturated rings. The molecule has 18 heavy (non-hydrogen) atoms.